The maximum Gasteiger partial charge on any atom is 0.262 e. The number of nitrogens with zero attached hydrogens (tertiary/aromatic N) is 3. The summed E-state index contributed by atoms with van der Waals surface area (Å²) in [5.74, 6) is 0.395. The van der Waals surface area contributed by atoms with Gasteiger partial charge >= 0.3 is 0 Å². The zero-order valence-corrected chi connectivity index (χ0v) is 18.5. The van der Waals surface area contributed by atoms with Crippen LogP contribution in [-0.4, -0.2) is 25.7 Å². The molecule has 3 rings (SSSR count). The van der Waals surface area contributed by atoms with Crippen molar-refractivity contribution in [3.8, 4) is 0 Å². The van der Waals surface area contributed by atoms with Gasteiger partial charge in [0.1, 0.15) is 5.82 Å². The smallest absolute Gasteiger partial charge is 0.262 e. The summed E-state index contributed by atoms with van der Waals surface area (Å²) >= 11 is 13.1. The normalized spacial score (nSPS) is 12.3. The van der Waals surface area contributed by atoms with E-state index in [9.17, 15) is 9.59 Å². The minimum absolute atomic E-state index is 0.166. The number of fused-ring (bicyclic) bond motifs is 1. The number of halogens is 2. The summed E-state index contributed by atoms with van der Waals surface area (Å²) in [6.07, 6.45) is 1.46. The van der Waals surface area contributed by atoms with Crippen molar-refractivity contribution in [1.29, 1.82) is 0 Å². The lowest BCUT2D eigenvalue weighted by atomic mass is 10.2. The third kappa shape index (κ3) is 5.29. The molecule has 0 saturated heterocycles. The van der Waals surface area contributed by atoms with Crippen LogP contribution in [0.15, 0.2) is 46.5 Å². The molecule has 1 N–H and O–H groups in total. The number of amides is 1. The van der Waals surface area contributed by atoms with Gasteiger partial charge in [-0.3, -0.25) is 14.2 Å². The summed E-state index contributed by atoms with van der Waals surface area (Å²) in [7, 11) is 0. The average Bonchev–Trinajstić information content (AvgIpc) is 2.67. The molecule has 29 heavy (non-hydrogen) atoms. The second kappa shape index (κ2) is 9.15. The number of hydrogen-bond donors (Lipinski definition) is 1. The largest absolute Gasteiger partial charge is 0.310 e. The second-order valence-corrected chi connectivity index (χ2v) is 9.16. The highest BCUT2D eigenvalue weighted by molar-refractivity contribution is 8.00. The van der Waals surface area contributed by atoms with Gasteiger partial charge < -0.3 is 5.32 Å². The second-order valence-electron chi connectivity index (χ2n) is 6.98. The Hall–Kier alpha value is -2.09. The molecule has 1 atom stereocenters. The molecule has 152 valence electrons. The van der Waals surface area contributed by atoms with Crippen molar-refractivity contribution in [2.75, 3.05) is 5.32 Å². The van der Waals surface area contributed by atoms with Gasteiger partial charge in [0.05, 0.1) is 21.2 Å². The number of hydrogen-bond acceptors (Lipinski definition) is 5. The van der Waals surface area contributed by atoms with Crippen LogP contribution in [0.1, 0.15) is 20.8 Å². The van der Waals surface area contributed by atoms with Crippen LogP contribution < -0.4 is 10.9 Å². The Morgan fingerprint density at radius 2 is 1.90 bits per heavy atom. The summed E-state index contributed by atoms with van der Waals surface area (Å²) in [5.41, 5.74) is 0.384. The van der Waals surface area contributed by atoms with E-state index in [-0.39, 0.29) is 17.4 Å². The van der Waals surface area contributed by atoms with E-state index in [1.807, 2.05) is 13.8 Å². The summed E-state index contributed by atoms with van der Waals surface area (Å²) in [6, 6.07) is 8.31. The SMILES string of the molecule is CC(C)Cn1c(S[C@@H](C)C(=O)Nc2ccc(Cl)cn2)nc2ccc(Cl)cc2c1=O. The first kappa shape index (κ1) is 21.6. The van der Waals surface area contributed by atoms with E-state index in [1.165, 1.54) is 18.0 Å². The van der Waals surface area contributed by atoms with Crippen molar-refractivity contribution >= 4 is 57.6 Å². The Kier molecular flexibility index (Phi) is 6.82. The fourth-order valence-electron chi connectivity index (χ4n) is 2.68. The molecule has 0 spiro atoms. The molecule has 2 aromatic heterocycles. The third-order valence-electron chi connectivity index (χ3n) is 4.06. The number of rotatable bonds is 6. The van der Waals surface area contributed by atoms with Crippen LogP contribution in [0.4, 0.5) is 5.82 Å². The maximum atomic E-state index is 13.0. The molecule has 6 nitrogen and oxygen atoms in total. The number of benzene rings is 1. The van der Waals surface area contributed by atoms with Crippen LogP contribution in [0.5, 0.6) is 0 Å². The molecule has 0 radical (unpaired) electrons. The highest BCUT2D eigenvalue weighted by atomic mass is 35.5. The van der Waals surface area contributed by atoms with Crippen molar-refractivity contribution in [2.45, 2.75) is 37.7 Å². The molecule has 0 bridgehead atoms. The topological polar surface area (TPSA) is 76.9 Å². The van der Waals surface area contributed by atoms with Crippen molar-refractivity contribution in [3.05, 3.63) is 56.9 Å². The molecule has 3 aromatic rings. The Balaban J connectivity index is 1.91. The zero-order valence-electron chi connectivity index (χ0n) is 16.1. The van der Waals surface area contributed by atoms with Crippen LogP contribution in [0.3, 0.4) is 0 Å². The first-order valence-electron chi connectivity index (χ1n) is 9.03. The zero-order chi connectivity index (χ0) is 21.1. The number of carbonyl (C=O) groups excluding carboxylic acids is 1. The summed E-state index contributed by atoms with van der Waals surface area (Å²) in [5, 5.41) is 4.17. The summed E-state index contributed by atoms with van der Waals surface area (Å²) in [4.78, 5) is 34.3. The Morgan fingerprint density at radius 1 is 1.17 bits per heavy atom. The lowest BCUT2D eigenvalue weighted by Gasteiger charge is -2.17. The van der Waals surface area contributed by atoms with Gasteiger partial charge in [0.2, 0.25) is 5.91 Å². The van der Waals surface area contributed by atoms with Gasteiger partial charge in [-0.1, -0.05) is 48.8 Å². The molecular weight excluding hydrogens is 431 g/mol. The molecule has 0 aliphatic carbocycles. The minimum Gasteiger partial charge on any atom is -0.310 e. The molecule has 0 fully saturated rings. The Labute approximate surface area is 182 Å². The van der Waals surface area contributed by atoms with Crippen LogP contribution in [0.2, 0.25) is 10.0 Å². The number of aromatic nitrogens is 3. The number of nitrogens with one attached hydrogen (secondary N) is 1. The lowest BCUT2D eigenvalue weighted by molar-refractivity contribution is -0.115. The van der Waals surface area contributed by atoms with Gasteiger partial charge in [-0.25, -0.2) is 9.97 Å². The lowest BCUT2D eigenvalue weighted by Crippen LogP contribution is -2.28. The van der Waals surface area contributed by atoms with Crippen LogP contribution in [-0.2, 0) is 11.3 Å². The predicted octanol–water partition coefficient (Wildman–Crippen LogP) is 4.87. The third-order valence-corrected chi connectivity index (χ3v) is 5.61. The van der Waals surface area contributed by atoms with Crippen molar-refractivity contribution in [1.82, 2.24) is 14.5 Å². The Bertz CT molecular complexity index is 1100. The standard InChI is InChI=1S/C20H20Cl2N4O2S/c1-11(2)10-26-19(28)15-8-13(21)4-6-16(15)24-20(26)29-12(3)18(27)25-17-7-5-14(22)9-23-17/h4-9,11-12H,10H2,1-3H3,(H,23,25,27)/t12-/m0/s1. The van der Waals surface area contributed by atoms with E-state index in [0.29, 0.717) is 38.5 Å². The monoisotopic (exact) mass is 450 g/mol. The number of thioether (sulfide) groups is 1. The van der Waals surface area contributed by atoms with Crippen molar-refractivity contribution in [3.63, 3.8) is 0 Å². The summed E-state index contributed by atoms with van der Waals surface area (Å²) in [6.45, 7) is 6.29. The van der Waals surface area contributed by atoms with Crippen molar-refractivity contribution < 1.29 is 4.79 Å². The fourth-order valence-corrected chi connectivity index (χ4v) is 3.88. The molecular formula is C20H20Cl2N4O2S. The van der Waals surface area contributed by atoms with E-state index in [0.717, 1.165) is 0 Å². The highest BCUT2D eigenvalue weighted by Gasteiger charge is 2.20. The molecule has 1 amide bonds. The minimum atomic E-state index is -0.498. The van der Waals surface area contributed by atoms with Gasteiger partial charge in [0, 0.05) is 17.8 Å². The van der Waals surface area contributed by atoms with Gasteiger partial charge in [-0.15, -0.1) is 0 Å². The average molecular weight is 451 g/mol. The number of carbonyl (C=O) groups is 1. The van der Waals surface area contributed by atoms with E-state index in [1.54, 1.807) is 41.8 Å². The van der Waals surface area contributed by atoms with Crippen LogP contribution in [0, 0.1) is 5.92 Å². The molecule has 0 aliphatic rings. The number of pyridine rings is 1. The van der Waals surface area contributed by atoms with Crippen LogP contribution in [0.25, 0.3) is 10.9 Å². The van der Waals surface area contributed by atoms with Gasteiger partial charge in [0.15, 0.2) is 5.16 Å². The van der Waals surface area contributed by atoms with Gasteiger partial charge in [-0.05, 0) is 43.2 Å². The molecule has 1 aromatic carbocycles. The van der Waals surface area contributed by atoms with Gasteiger partial charge in [-0.2, -0.15) is 0 Å². The highest BCUT2D eigenvalue weighted by Crippen LogP contribution is 2.25. The maximum absolute atomic E-state index is 13.0. The van der Waals surface area contributed by atoms with Gasteiger partial charge in [0.25, 0.3) is 5.56 Å². The predicted molar refractivity (Wildman–Crippen MR) is 119 cm³/mol. The van der Waals surface area contributed by atoms with E-state index >= 15 is 0 Å². The molecule has 0 unspecified atom stereocenters. The molecule has 9 heteroatoms. The fraction of sp³-hybridized carbons (Fsp3) is 0.300. The molecule has 0 aliphatic heterocycles. The van der Waals surface area contributed by atoms with Crippen molar-refractivity contribution in [2.24, 2.45) is 5.92 Å². The van der Waals surface area contributed by atoms with Crippen LogP contribution >= 0.6 is 35.0 Å². The Morgan fingerprint density at radius 3 is 2.55 bits per heavy atom. The molecule has 0 saturated carbocycles. The summed E-state index contributed by atoms with van der Waals surface area (Å²) < 4.78 is 1.61. The van der Waals surface area contributed by atoms with E-state index < -0.39 is 5.25 Å². The quantitative estimate of drug-likeness (QED) is 0.427. The number of anilines is 1. The molecule has 2 heterocycles. The first-order valence-corrected chi connectivity index (χ1v) is 10.7. The first-order chi connectivity index (χ1) is 13.7. The van der Waals surface area contributed by atoms with E-state index in [4.69, 9.17) is 23.2 Å². The van der Waals surface area contributed by atoms with E-state index in [2.05, 4.69) is 15.3 Å².